The largest absolute Gasteiger partial charge is 0.406 e. The van der Waals surface area contributed by atoms with Crippen molar-refractivity contribution in [3.05, 3.63) is 0 Å². The Morgan fingerprint density at radius 3 is 1.90 bits per heavy atom. The first-order valence-electron chi connectivity index (χ1n) is 2.33. The van der Waals surface area contributed by atoms with E-state index in [0.717, 1.165) is 0 Å². The van der Waals surface area contributed by atoms with Crippen LogP contribution in [0.3, 0.4) is 0 Å². The molecule has 6 heteroatoms. The fourth-order valence-electron chi connectivity index (χ4n) is 0.577. The van der Waals surface area contributed by atoms with Crippen LogP contribution < -0.4 is 0 Å². The standard InChI is InChI=1S/C4H2F4O2/c5-3(6)1-4(7,8)10-2(3)9/h1H2. The van der Waals surface area contributed by atoms with E-state index in [4.69, 9.17) is 0 Å². The number of halogens is 4. The normalized spacial score (nSPS) is 28.2. The van der Waals surface area contributed by atoms with E-state index in [1.807, 2.05) is 0 Å². The van der Waals surface area contributed by atoms with Crippen LogP contribution in [-0.2, 0) is 9.53 Å². The molecule has 1 rings (SSSR count). The number of hydrogen-bond donors (Lipinski definition) is 0. The van der Waals surface area contributed by atoms with Gasteiger partial charge in [0.25, 0.3) is 0 Å². The van der Waals surface area contributed by atoms with Crippen molar-refractivity contribution >= 4 is 5.97 Å². The zero-order valence-corrected chi connectivity index (χ0v) is 4.54. The number of rotatable bonds is 0. The summed E-state index contributed by atoms with van der Waals surface area (Å²) in [5.41, 5.74) is 0. The molecule has 0 unspecified atom stereocenters. The van der Waals surface area contributed by atoms with Crippen LogP contribution in [0, 0.1) is 0 Å². The first-order valence-corrected chi connectivity index (χ1v) is 2.33. The van der Waals surface area contributed by atoms with E-state index in [0.29, 0.717) is 0 Å². The molecule has 1 saturated heterocycles. The Morgan fingerprint density at radius 1 is 1.30 bits per heavy atom. The summed E-state index contributed by atoms with van der Waals surface area (Å²) >= 11 is 0. The highest BCUT2D eigenvalue weighted by Crippen LogP contribution is 2.39. The van der Waals surface area contributed by atoms with Crippen molar-refractivity contribution in [1.29, 1.82) is 0 Å². The van der Waals surface area contributed by atoms with Gasteiger partial charge in [-0.2, -0.15) is 17.6 Å². The van der Waals surface area contributed by atoms with Gasteiger partial charge in [-0.3, -0.25) is 0 Å². The quantitative estimate of drug-likeness (QED) is 0.390. The maximum absolute atomic E-state index is 11.9. The molecular formula is C4H2F4O2. The molecule has 0 aromatic rings. The number of alkyl halides is 4. The SMILES string of the molecule is O=C1OC(F)(F)CC1(F)F. The van der Waals surface area contributed by atoms with Gasteiger partial charge in [-0.1, -0.05) is 0 Å². The first kappa shape index (κ1) is 7.30. The maximum atomic E-state index is 11.9. The summed E-state index contributed by atoms with van der Waals surface area (Å²) in [5.74, 6) is -6.18. The van der Waals surface area contributed by atoms with Gasteiger partial charge in [0.2, 0.25) is 0 Å². The Balaban J connectivity index is 2.81. The molecule has 10 heavy (non-hydrogen) atoms. The second kappa shape index (κ2) is 1.62. The highest BCUT2D eigenvalue weighted by atomic mass is 19.3. The Morgan fingerprint density at radius 2 is 1.80 bits per heavy atom. The van der Waals surface area contributed by atoms with Crippen molar-refractivity contribution in [2.45, 2.75) is 18.5 Å². The lowest BCUT2D eigenvalue weighted by atomic mass is 10.3. The van der Waals surface area contributed by atoms with Crippen LogP contribution in [-0.4, -0.2) is 18.0 Å². The van der Waals surface area contributed by atoms with Crippen molar-refractivity contribution in [3.63, 3.8) is 0 Å². The smallest absolute Gasteiger partial charge is 0.396 e. The predicted octanol–water partition coefficient (Wildman–Crippen LogP) is 1.16. The fraction of sp³-hybridized carbons (Fsp3) is 0.750. The van der Waals surface area contributed by atoms with Gasteiger partial charge >= 0.3 is 18.0 Å². The molecular weight excluding hydrogens is 156 g/mol. The third kappa shape index (κ3) is 1.05. The summed E-state index contributed by atoms with van der Waals surface area (Å²) < 4.78 is 50.3. The van der Waals surface area contributed by atoms with Gasteiger partial charge in [-0.15, -0.1) is 0 Å². The number of cyclic esters (lactones) is 1. The minimum Gasteiger partial charge on any atom is -0.396 e. The molecule has 1 aliphatic heterocycles. The second-order valence-corrected chi connectivity index (χ2v) is 1.91. The van der Waals surface area contributed by atoms with Gasteiger partial charge in [-0.05, 0) is 0 Å². The van der Waals surface area contributed by atoms with Gasteiger partial charge in [0.15, 0.2) is 0 Å². The van der Waals surface area contributed by atoms with Crippen LogP contribution in [0.2, 0.25) is 0 Å². The fourth-order valence-corrected chi connectivity index (χ4v) is 0.577. The molecule has 0 saturated carbocycles. The summed E-state index contributed by atoms with van der Waals surface area (Å²) in [6.07, 6.45) is -5.85. The number of esters is 1. The topological polar surface area (TPSA) is 26.3 Å². The maximum Gasteiger partial charge on any atom is 0.406 e. The predicted molar refractivity (Wildman–Crippen MR) is 20.6 cm³/mol. The average Bonchev–Trinajstić information content (AvgIpc) is 1.73. The monoisotopic (exact) mass is 158 g/mol. The molecule has 0 N–H and O–H groups in total. The molecule has 0 amide bonds. The van der Waals surface area contributed by atoms with Crippen LogP contribution in [0.4, 0.5) is 17.6 Å². The summed E-state index contributed by atoms with van der Waals surface area (Å²) in [7, 11) is 0. The Bertz CT molecular complexity index is 176. The van der Waals surface area contributed by atoms with Gasteiger partial charge in [0.1, 0.15) is 6.42 Å². The van der Waals surface area contributed by atoms with Crippen LogP contribution in [0.25, 0.3) is 0 Å². The van der Waals surface area contributed by atoms with Crippen LogP contribution in [0.15, 0.2) is 0 Å². The van der Waals surface area contributed by atoms with Crippen molar-refractivity contribution in [3.8, 4) is 0 Å². The van der Waals surface area contributed by atoms with Gasteiger partial charge < -0.3 is 4.74 Å². The molecule has 58 valence electrons. The highest BCUT2D eigenvalue weighted by Gasteiger charge is 2.60. The number of carbonyl (C=O) groups is 1. The minimum absolute atomic E-state index is 1.85. The molecule has 0 aromatic heterocycles. The molecule has 0 aliphatic carbocycles. The van der Waals surface area contributed by atoms with E-state index in [1.54, 1.807) is 0 Å². The van der Waals surface area contributed by atoms with E-state index in [-0.39, 0.29) is 0 Å². The lowest BCUT2D eigenvalue weighted by Crippen LogP contribution is -2.21. The van der Waals surface area contributed by atoms with Crippen molar-refractivity contribution < 1.29 is 27.1 Å². The molecule has 1 heterocycles. The molecule has 0 spiro atoms. The first-order chi connectivity index (χ1) is 4.33. The lowest BCUT2D eigenvalue weighted by molar-refractivity contribution is -0.209. The number of hydrogen-bond acceptors (Lipinski definition) is 2. The van der Waals surface area contributed by atoms with Gasteiger partial charge in [0.05, 0.1) is 0 Å². The van der Waals surface area contributed by atoms with Crippen molar-refractivity contribution in [1.82, 2.24) is 0 Å². The zero-order chi connectivity index (χ0) is 7.99. The second-order valence-electron chi connectivity index (χ2n) is 1.91. The van der Waals surface area contributed by atoms with Gasteiger partial charge in [-0.25, -0.2) is 4.79 Å². The molecule has 0 bridgehead atoms. The molecule has 1 fully saturated rings. The number of carbonyl (C=O) groups excluding carboxylic acids is 1. The minimum atomic E-state index is -4.02. The van der Waals surface area contributed by atoms with Crippen molar-refractivity contribution in [2.75, 3.05) is 0 Å². The van der Waals surface area contributed by atoms with E-state index < -0.39 is 24.4 Å². The molecule has 2 nitrogen and oxygen atoms in total. The number of ether oxygens (including phenoxy) is 1. The Hall–Kier alpha value is -0.810. The Labute approximate surface area is 52.8 Å². The molecule has 0 aromatic carbocycles. The van der Waals surface area contributed by atoms with E-state index in [9.17, 15) is 22.4 Å². The van der Waals surface area contributed by atoms with E-state index in [2.05, 4.69) is 4.74 Å². The Kier molecular flexibility index (Phi) is 1.18. The summed E-state index contributed by atoms with van der Waals surface area (Å²) in [4.78, 5) is 9.86. The summed E-state index contributed by atoms with van der Waals surface area (Å²) in [6.45, 7) is 0. The van der Waals surface area contributed by atoms with E-state index in [1.165, 1.54) is 0 Å². The van der Waals surface area contributed by atoms with Crippen molar-refractivity contribution in [2.24, 2.45) is 0 Å². The zero-order valence-electron chi connectivity index (χ0n) is 4.54. The summed E-state index contributed by atoms with van der Waals surface area (Å²) in [5, 5.41) is 0. The third-order valence-electron chi connectivity index (χ3n) is 0.968. The third-order valence-corrected chi connectivity index (χ3v) is 0.968. The molecule has 1 aliphatic rings. The molecule has 0 atom stereocenters. The highest BCUT2D eigenvalue weighted by molar-refractivity contribution is 5.79. The van der Waals surface area contributed by atoms with Crippen LogP contribution >= 0.6 is 0 Å². The van der Waals surface area contributed by atoms with Gasteiger partial charge in [0, 0.05) is 0 Å². The summed E-state index contributed by atoms with van der Waals surface area (Å²) in [6, 6.07) is 0. The molecule has 0 radical (unpaired) electrons. The van der Waals surface area contributed by atoms with Crippen LogP contribution in [0.5, 0.6) is 0 Å². The van der Waals surface area contributed by atoms with E-state index >= 15 is 0 Å². The lowest BCUT2D eigenvalue weighted by Gasteiger charge is -2.02. The van der Waals surface area contributed by atoms with Crippen LogP contribution in [0.1, 0.15) is 6.42 Å². The average molecular weight is 158 g/mol.